The van der Waals surface area contributed by atoms with E-state index in [1.54, 1.807) is 24.3 Å². The number of esters is 1. The molecule has 0 spiro atoms. The van der Waals surface area contributed by atoms with E-state index in [9.17, 15) is 9.59 Å². The van der Waals surface area contributed by atoms with E-state index >= 15 is 0 Å². The molecule has 0 saturated heterocycles. The van der Waals surface area contributed by atoms with E-state index in [1.165, 1.54) is 12.0 Å². The van der Waals surface area contributed by atoms with Crippen LogP contribution >= 0.6 is 0 Å². The van der Waals surface area contributed by atoms with Crippen LogP contribution in [-0.4, -0.2) is 32.1 Å². The molecule has 0 aliphatic heterocycles. The Morgan fingerprint density at radius 3 is 2.73 bits per heavy atom. The van der Waals surface area contributed by atoms with Gasteiger partial charge in [0.1, 0.15) is 12.3 Å². The summed E-state index contributed by atoms with van der Waals surface area (Å²) in [4.78, 5) is 25.0. The molecule has 0 aromatic heterocycles. The lowest BCUT2D eigenvalue weighted by Gasteiger charge is -2.20. The normalized spacial score (nSPS) is 9.68. The largest absolute Gasteiger partial charge is 0.497 e. The van der Waals surface area contributed by atoms with Gasteiger partial charge in [0.15, 0.2) is 0 Å². The van der Waals surface area contributed by atoms with Crippen molar-refractivity contribution in [3.8, 4) is 11.8 Å². The number of hydrogen-bond acceptors (Lipinski definition) is 5. The first-order valence-electron chi connectivity index (χ1n) is 7.09. The monoisotopic (exact) mass is 304 g/mol. The van der Waals surface area contributed by atoms with Gasteiger partial charge in [0, 0.05) is 18.2 Å². The van der Waals surface area contributed by atoms with Gasteiger partial charge in [0.05, 0.1) is 26.2 Å². The molecule has 1 aromatic rings. The molecule has 6 heteroatoms. The molecule has 22 heavy (non-hydrogen) atoms. The molecule has 0 bridgehead atoms. The highest BCUT2D eigenvalue weighted by atomic mass is 16.5. The first-order chi connectivity index (χ1) is 10.6. The fourth-order valence-corrected chi connectivity index (χ4v) is 1.80. The van der Waals surface area contributed by atoms with Crippen LogP contribution < -0.4 is 9.64 Å². The molecule has 0 atom stereocenters. The van der Waals surface area contributed by atoms with E-state index in [0.29, 0.717) is 18.0 Å². The number of amides is 1. The Hall–Kier alpha value is -2.55. The number of hydrogen-bond donors (Lipinski definition) is 0. The Balaban J connectivity index is 2.71. The van der Waals surface area contributed by atoms with Crippen molar-refractivity contribution in [1.82, 2.24) is 0 Å². The van der Waals surface area contributed by atoms with E-state index in [1.807, 2.05) is 13.0 Å². The fourth-order valence-electron chi connectivity index (χ4n) is 1.80. The van der Waals surface area contributed by atoms with Crippen molar-refractivity contribution in [1.29, 1.82) is 5.26 Å². The zero-order valence-electron chi connectivity index (χ0n) is 12.9. The minimum Gasteiger partial charge on any atom is -0.497 e. The minimum atomic E-state index is -0.405. The fraction of sp³-hybridized carbons (Fsp3) is 0.438. The summed E-state index contributed by atoms with van der Waals surface area (Å²) < 4.78 is 10.0. The van der Waals surface area contributed by atoms with Crippen molar-refractivity contribution in [3.63, 3.8) is 0 Å². The lowest BCUT2D eigenvalue weighted by Crippen LogP contribution is -2.31. The van der Waals surface area contributed by atoms with Gasteiger partial charge in [-0.25, -0.2) is 0 Å². The van der Waals surface area contributed by atoms with Gasteiger partial charge in [-0.1, -0.05) is 13.0 Å². The molecule has 6 nitrogen and oxygen atoms in total. The highest BCUT2D eigenvalue weighted by molar-refractivity contribution is 5.95. The van der Waals surface area contributed by atoms with Crippen LogP contribution in [-0.2, 0) is 14.3 Å². The van der Waals surface area contributed by atoms with Crippen molar-refractivity contribution in [2.24, 2.45) is 0 Å². The van der Waals surface area contributed by atoms with Crippen molar-refractivity contribution in [2.45, 2.75) is 26.2 Å². The van der Waals surface area contributed by atoms with Crippen molar-refractivity contribution >= 4 is 17.6 Å². The van der Waals surface area contributed by atoms with Crippen LogP contribution in [0.1, 0.15) is 26.2 Å². The van der Waals surface area contributed by atoms with Crippen LogP contribution in [0.4, 0.5) is 5.69 Å². The van der Waals surface area contributed by atoms with Gasteiger partial charge in [0.2, 0.25) is 5.91 Å². The molecule has 1 amide bonds. The second kappa shape index (κ2) is 9.40. The van der Waals surface area contributed by atoms with Crippen molar-refractivity contribution in [2.75, 3.05) is 25.2 Å². The lowest BCUT2D eigenvalue weighted by atomic mass is 10.2. The third-order valence-corrected chi connectivity index (χ3v) is 2.91. The van der Waals surface area contributed by atoms with E-state index in [-0.39, 0.29) is 25.3 Å². The average molecular weight is 304 g/mol. The zero-order chi connectivity index (χ0) is 16.4. The molecule has 0 heterocycles. The van der Waals surface area contributed by atoms with E-state index in [4.69, 9.17) is 14.7 Å². The van der Waals surface area contributed by atoms with Crippen LogP contribution in [0.5, 0.6) is 5.75 Å². The highest BCUT2D eigenvalue weighted by Gasteiger charge is 2.17. The van der Waals surface area contributed by atoms with Crippen LogP contribution in [0, 0.1) is 11.3 Å². The van der Waals surface area contributed by atoms with Crippen molar-refractivity contribution in [3.05, 3.63) is 24.3 Å². The summed E-state index contributed by atoms with van der Waals surface area (Å²) in [5.74, 6) is -0.114. The zero-order valence-corrected chi connectivity index (χ0v) is 12.9. The number of nitrogens with zero attached hydrogens (tertiary/aromatic N) is 2. The minimum absolute atomic E-state index is 0.00143. The molecule has 0 saturated carbocycles. The third kappa shape index (κ3) is 5.44. The number of methoxy groups -OCH3 is 1. The number of nitriles is 1. The number of anilines is 1. The lowest BCUT2D eigenvalue weighted by molar-refractivity contribution is -0.144. The van der Waals surface area contributed by atoms with E-state index < -0.39 is 5.97 Å². The predicted molar refractivity (Wildman–Crippen MR) is 81.4 cm³/mol. The van der Waals surface area contributed by atoms with E-state index in [2.05, 4.69) is 0 Å². The molecule has 1 aromatic carbocycles. The van der Waals surface area contributed by atoms with E-state index in [0.717, 1.165) is 6.42 Å². The third-order valence-electron chi connectivity index (χ3n) is 2.91. The summed E-state index contributed by atoms with van der Waals surface area (Å²) in [5.41, 5.74) is 0.563. The van der Waals surface area contributed by atoms with Gasteiger partial charge in [-0.2, -0.15) is 5.26 Å². The summed E-state index contributed by atoms with van der Waals surface area (Å²) in [6.07, 6.45) is 0.746. The van der Waals surface area contributed by atoms with Gasteiger partial charge in [-0.05, 0) is 18.6 Å². The van der Waals surface area contributed by atoms with Crippen molar-refractivity contribution < 1.29 is 19.1 Å². The maximum absolute atomic E-state index is 12.2. The number of rotatable bonds is 8. The first-order valence-corrected chi connectivity index (χ1v) is 7.09. The summed E-state index contributed by atoms with van der Waals surface area (Å²) in [7, 11) is 1.53. The number of ether oxygens (including phenoxy) is 2. The molecule has 0 aliphatic rings. The smallest absolute Gasteiger partial charge is 0.306 e. The molecule has 0 unspecified atom stereocenters. The standard InChI is InChI=1S/C16H20N2O4/c1-3-11-22-16(20)8-7-15(19)18(10-9-17)13-5-4-6-14(12-13)21-2/h4-6,12H,3,7-8,10-11H2,1-2H3. The topological polar surface area (TPSA) is 79.6 Å². The molecule has 118 valence electrons. The Morgan fingerprint density at radius 1 is 1.32 bits per heavy atom. The summed E-state index contributed by atoms with van der Waals surface area (Å²) in [6, 6.07) is 8.83. The second-order valence-corrected chi connectivity index (χ2v) is 4.56. The Kier molecular flexibility index (Phi) is 7.48. The number of carbonyl (C=O) groups is 2. The van der Waals surface area contributed by atoms with Crippen LogP contribution in [0.15, 0.2) is 24.3 Å². The number of benzene rings is 1. The second-order valence-electron chi connectivity index (χ2n) is 4.56. The SMILES string of the molecule is CCCOC(=O)CCC(=O)N(CC#N)c1cccc(OC)c1. The maximum Gasteiger partial charge on any atom is 0.306 e. The average Bonchev–Trinajstić information content (AvgIpc) is 2.55. The van der Waals surface area contributed by atoms with Gasteiger partial charge >= 0.3 is 5.97 Å². The molecular formula is C16H20N2O4. The van der Waals surface area contributed by atoms with Gasteiger partial charge < -0.3 is 9.47 Å². The summed E-state index contributed by atoms with van der Waals surface area (Å²) in [6.45, 7) is 2.16. The predicted octanol–water partition coefficient (Wildman–Crippen LogP) is 2.29. The molecule has 0 N–H and O–H groups in total. The molecule has 0 aliphatic carbocycles. The van der Waals surface area contributed by atoms with Gasteiger partial charge in [-0.15, -0.1) is 0 Å². The molecule has 0 radical (unpaired) electrons. The highest BCUT2D eigenvalue weighted by Crippen LogP contribution is 2.21. The van der Waals surface area contributed by atoms with Crippen LogP contribution in [0.3, 0.4) is 0 Å². The molecule has 0 fully saturated rings. The van der Waals surface area contributed by atoms with Crippen LogP contribution in [0.25, 0.3) is 0 Å². The summed E-state index contributed by atoms with van der Waals surface area (Å²) >= 11 is 0. The number of carbonyl (C=O) groups excluding carboxylic acids is 2. The van der Waals surface area contributed by atoms with Gasteiger partial charge in [0.25, 0.3) is 0 Å². The summed E-state index contributed by atoms with van der Waals surface area (Å²) in [5, 5.41) is 8.90. The first kappa shape index (κ1) is 17.5. The van der Waals surface area contributed by atoms with Crippen LogP contribution in [0.2, 0.25) is 0 Å². The maximum atomic E-state index is 12.2. The van der Waals surface area contributed by atoms with Gasteiger partial charge in [-0.3, -0.25) is 14.5 Å². The Bertz CT molecular complexity index is 551. The quantitative estimate of drug-likeness (QED) is 0.544. The molecular weight excluding hydrogens is 284 g/mol. The molecule has 1 rings (SSSR count). The Labute approximate surface area is 130 Å². The Morgan fingerprint density at radius 2 is 2.09 bits per heavy atom.